The number of nitrogens with zero attached hydrogens (tertiary/aromatic N) is 4. The smallest absolute Gasteiger partial charge is 0.231 e. The van der Waals surface area contributed by atoms with Gasteiger partial charge in [-0.05, 0) is 141 Å². The zero-order chi connectivity index (χ0) is 31.0. The van der Waals surface area contributed by atoms with E-state index in [-0.39, 0.29) is 28.8 Å². The van der Waals surface area contributed by atoms with E-state index < -0.39 is 0 Å². The van der Waals surface area contributed by atoms with E-state index in [2.05, 4.69) is 42.1 Å². The van der Waals surface area contributed by atoms with E-state index >= 15 is 0 Å². The van der Waals surface area contributed by atoms with Crippen molar-refractivity contribution < 1.29 is 14.6 Å². The summed E-state index contributed by atoms with van der Waals surface area (Å²) in [5.41, 5.74) is 5.13. The molecule has 0 atom stereocenters. The molecule has 0 spiro atoms. The number of fused-ring (bicyclic) bond motifs is 3. The molecule has 0 unspecified atom stereocenters. The Kier molecular flexibility index (Phi) is 8.72. The van der Waals surface area contributed by atoms with Gasteiger partial charge in [-0.3, -0.25) is 14.4 Å². The van der Waals surface area contributed by atoms with Crippen LogP contribution >= 0.6 is 11.8 Å². The average Bonchev–Trinajstić information content (AvgIpc) is 3.59. The van der Waals surface area contributed by atoms with Crippen LogP contribution in [0.4, 0.5) is 5.82 Å². The zero-order valence-corrected chi connectivity index (χ0v) is 27.7. The summed E-state index contributed by atoms with van der Waals surface area (Å²) in [4.78, 5) is 21.2. The lowest BCUT2D eigenvalue weighted by Crippen LogP contribution is -2.52. The molecule has 1 aliphatic heterocycles. The predicted octanol–water partition coefficient (Wildman–Crippen LogP) is 7.51. The monoisotopic (exact) mass is 628 g/mol. The highest BCUT2D eigenvalue weighted by Gasteiger charge is 2.50. The van der Waals surface area contributed by atoms with Crippen molar-refractivity contribution >= 4 is 23.5 Å². The highest BCUT2D eigenvalue weighted by atomic mass is 32.2. The summed E-state index contributed by atoms with van der Waals surface area (Å²) in [5, 5.41) is 14.9. The number of rotatable bonds is 8. The van der Waals surface area contributed by atoms with Gasteiger partial charge in [-0.15, -0.1) is 0 Å². The number of carbonyl (C=O) groups is 1. The maximum Gasteiger partial charge on any atom is 0.231 e. The molecule has 45 heavy (non-hydrogen) atoms. The Morgan fingerprint density at radius 2 is 1.73 bits per heavy atom. The molecule has 8 heteroatoms. The molecule has 7 nitrogen and oxygen atoms in total. The summed E-state index contributed by atoms with van der Waals surface area (Å²) < 4.78 is 7.69. The third-order valence-corrected chi connectivity index (χ3v) is 12.8. The van der Waals surface area contributed by atoms with Crippen LogP contribution in [-0.2, 0) is 10.2 Å². The third-order valence-electron chi connectivity index (χ3n) is 11.7. The maximum atomic E-state index is 14.4. The summed E-state index contributed by atoms with van der Waals surface area (Å²) in [6.45, 7) is 2.86. The van der Waals surface area contributed by atoms with Crippen molar-refractivity contribution in [3.05, 3.63) is 60.0 Å². The lowest BCUT2D eigenvalue weighted by Gasteiger charge is -2.55. The molecule has 2 bridgehead atoms. The number of carbonyl (C=O) groups excluding carboxylic acids is 1. The first-order valence-corrected chi connectivity index (χ1v) is 18.3. The molecule has 4 aliphatic carbocycles. The molecule has 5 fully saturated rings. The number of hydrogen-bond donors (Lipinski definition) is 1. The van der Waals surface area contributed by atoms with E-state index in [0.717, 1.165) is 93.4 Å². The quantitative estimate of drug-likeness (QED) is 0.278. The fourth-order valence-electron chi connectivity index (χ4n) is 8.67. The van der Waals surface area contributed by atoms with Crippen molar-refractivity contribution in [3.63, 3.8) is 0 Å². The number of aliphatic hydroxyl groups is 1. The van der Waals surface area contributed by atoms with E-state index in [1.807, 2.05) is 35.1 Å². The molecule has 8 rings (SSSR count). The van der Waals surface area contributed by atoms with Crippen LogP contribution in [0.5, 0.6) is 5.75 Å². The van der Waals surface area contributed by atoms with Crippen LogP contribution in [-0.4, -0.2) is 57.0 Å². The molecule has 2 aromatic heterocycles. The van der Waals surface area contributed by atoms with Crippen molar-refractivity contribution in [1.29, 1.82) is 0 Å². The number of methoxy groups -OCH3 is 1. The molecule has 0 radical (unpaired) electrons. The Morgan fingerprint density at radius 3 is 2.42 bits per heavy atom. The third kappa shape index (κ3) is 6.17. The van der Waals surface area contributed by atoms with Gasteiger partial charge in [0.05, 0.1) is 25.5 Å². The second-order valence-corrected chi connectivity index (χ2v) is 15.6. The van der Waals surface area contributed by atoms with Gasteiger partial charge in [0, 0.05) is 30.4 Å². The number of hydrogen-bond acceptors (Lipinski definition) is 6. The number of benzene rings is 1. The topological polar surface area (TPSA) is 80.5 Å². The van der Waals surface area contributed by atoms with Crippen molar-refractivity contribution in [2.45, 2.75) is 102 Å². The first-order valence-electron chi connectivity index (χ1n) is 17.1. The minimum atomic E-state index is -0.284. The molecule has 3 aromatic rings. The van der Waals surface area contributed by atoms with Gasteiger partial charge in [0.25, 0.3) is 0 Å². The number of ether oxygens (including phenoxy) is 1. The van der Waals surface area contributed by atoms with Crippen molar-refractivity contribution in [2.75, 3.05) is 30.1 Å². The molecule has 1 aromatic carbocycles. The number of aryl methyl sites for hydroxylation is 1. The number of amides is 1. The fraction of sp³-hybridized carbons (Fsp3) is 0.595. The van der Waals surface area contributed by atoms with E-state index in [0.29, 0.717) is 18.9 Å². The van der Waals surface area contributed by atoms with Gasteiger partial charge >= 0.3 is 0 Å². The van der Waals surface area contributed by atoms with Gasteiger partial charge in [0.2, 0.25) is 5.91 Å². The molecule has 5 aliphatic rings. The first kappa shape index (κ1) is 30.8. The minimum Gasteiger partial charge on any atom is -0.496 e. The highest BCUT2D eigenvalue weighted by molar-refractivity contribution is 7.99. The van der Waals surface area contributed by atoms with Crippen LogP contribution in [0.15, 0.2) is 48.9 Å². The van der Waals surface area contributed by atoms with Crippen LogP contribution in [0, 0.1) is 18.3 Å². The molecule has 3 heterocycles. The van der Waals surface area contributed by atoms with Gasteiger partial charge in [0.15, 0.2) is 0 Å². The summed E-state index contributed by atoms with van der Waals surface area (Å²) in [6, 6.07) is 11.4. The normalized spacial score (nSPS) is 28.6. The van der Waals surface area contributed by atoms with Gasteiger partial charge in [-0.1, -0.05) is 12.1 Å². The van der Waals surface area contributed by atoms with Crippen LogP contribution in [0.25, 0.3) is 11.1 Å². The zero-order valence-electron chi connectivity index (χ0n) is 26.9. The van der Waals surface area contributed by atoms with E-state index in [1.54, 1.807) is 7.11 Å². The van der Waals surface area contributed by atoms with Crippen molar-refractivity contribution in [1.82, 2.24) is 14.8 Å². The van der Waals surface area contributed by atoms with Gasteiger partial charge in [-0.25, -0.2) is 4.98 Å². The summed E-state index contributed by atoms with van der Waals surface area (Å²) >= 11 is 2.03. The molecule has 1 saturated heterocycles. The van der Waals surface area contributed by atoms with Crippen molar-refractivity contribution in [3.8, 4) is 16.9 Å². The Labute approximate surface area is 272 Å². The number of thioether (sulfide) groups is 1. The number of aliphatic hydroxyl groups excluding tert-OH is 1. The summed E-state index contributed by atoms with van der Waals surface area (Å²) in [7, 11) is 1.74. The average molecular weight is 629 g/mol. The lowest BCUT2D eigenvalue weighted by atomic mass is 9.51. The van der Waals surface area contributed by atoms with Crippen LogP contribution in [0.3, 0.4) is 0 Å². The molecule has 4 saturated carbocycles. The van der Waals surface area contributed by atoms with Gasteiger partial charge in [-0.2, -0.15) is 16.9 Å². The van der Waals surface area contributed by atoms with E-state index in [1.165, 1.54) is 22.6 Å². The summed E-state index contributed by atoms with van der Waals surface area (Å²) in [6.07, 6.45) is 17.8. The number of aromatic nitrogens is 3. The first-order chi connectivity index (χ1) is 21.9. The highest BCUT2D eigenvalue weighted by Crippen LogP contribution is 2.58. The van der Waals surface area contributed by atoms with Crippen LogP contribution < -0.4 is 9.64 Å². The standard InChI is InChI=1S/C37H48N4O3S/c1-26-21-30(5-8-33(26)44-2)37-15-12-36(13-16-37,14-17-37)25-40(35(43)27-3-6-32(42)7-4-27)34-22-28(9-18-38-34)29-23-39-41(24-29)31-10-19-45-20-11-31/h5,8-9,18,21-24,27,31-32,42H,3-4,6-7,10-17,19-20,25H2,1-2H3. The van der Waals surface area contributed by atoms with E-state index in [4.69, 9.17) is 14.8 Å². The molecule has 240 valence electrons. The Bertz CT molecular complexity index is 1480. The fourth-order valence-corrected chi connectivity index (χ4v) is 9.76. The van der Waals surface area contributed by atoms with Crippen molar-refractivity contribution in [2.24, 2.45) is 11.3 Å². The largest absolute Gasteiger partial charge is 0.496 e. The Hall–Kier alpha value is -2.84. The van der Waals surface area contributed by atoms with Gasteiger partial charge < -0.3 is 9.84 Å². The van der Waals surface area contributed by atoms with Crippen LogP contribution in [0.1, 0.15) is 94.2 Å². The number of anilines is 1. The van der Waals surface area contributed by atoms with E-state index in [9.17, 15) is 9.90 Å². The van der Waals surface area contributed by atoms with Gasteiger partial charge in [0.1, 0.15) is 11.6 Å². The maximum absolute atomic E-state index is 14.4. The number of pyridine rings is 1. The SMILES string of the molecule is COc1ccc(C23CCC(CN(C(=O)C4CCC(O)CC4)c4cc(-c5cnn(C6CCSCC6)c5)ccn4)(CC2)CC3)cc1C. The molecular weight excluding hydrogens is 580 g/mol. The lowest BCUT2D eigenvalue weighted by molar-refractivity contribution is -0.124. The molecular formula is C37H48N4O3S. The predicted molar refractivity (Wildman–Crippen MR) is 181 cm³/mol. The Balaban J connectivity index is 1.14. The van der Waals surface area contributed by atoms with Crippen LogP contribution in [0.2, 0.25) is 0 Å². The summed E-state index contributed by atoms with van der Waals surface area (Å²) in [5.74, 6) is 4.22. The molecule has 1 amide bonds. The molecule has 1 N–H and O–H groups in total. The Morgan fingerprint density at radius 1 is 1.00 bits per heavy atom. The second-order valence-electron chi connectivity index (χ2n) is 14.3. The minimum absolute atomic E-state index is 0.0595. The second kappa shape index (κ2) is 12.7.